The summed E-state index contributed by atoms with van der Waals surface area (Å²) in [5.41, 5.74) is 6.15. The molecule has 0 aromatic heterocycles. The Morgan fingerprint density at radius 2 is 1.79 bits per heavy atom. The van der Waals surface area contributed by atoms with Crippen molar-refractivity contribution in [2.24, 2.45) is 28.9 Å². The van der Waals surface area contributed by atoms with Gasteiger partial charge in [0, 0.05) is 6.54 Å². The van der Waals surface area contributed by atoms with E-state index < -0.39 is 11.5 Å². The van der Waals surface area contributed by atoms with E-state index in [9.17, 15) is 9.59 Å². The van der Waals surface area contributed by atoms with Crippen LogP contribution in [0.3, 0.4) is 0 Å². The van der Waals surface area contributed by atoms with Crippen LogP contribution >= 0.6 is 0 Å². The summed E-state index contributed by atoms with van der Waals surface area (Å²) in [7, 11) is 0. The third-order valence-corrected chi connectivity index (χ3v) is 6.22. The average Bonchev–Trinajstić information content (AvgIpc) is 2.56. The van der Waals surface area contributed by atoms with E-state index in [1.807, 2.05) is 30.3 Å². The van der Waals surface area contributed by atoms with E-state index in [0.717, 1.165) is 31.2 Å². The molecule has 5 rings (SSSR count). The predicted octanol–water partition coefficient (Wildman–Crippen LogP) is 2.59. The molecular weight excluding hydrogens is 304 g/mol. The topological polar surface area (TPSA) is 81.4 Å². The molecule has 5 heteroatoms. The van der Waals surface area contributed by atoms with Gasteiger partial charge in [-0.15, -0.1) is 0 Å². The van der Waals surface area contributed by atoms with E-state index in [1.54, 1.807) is 0 Å². The van der Waals surface area contributed by atoms with E-state index >= 15 is 0 Å². The number of rotatable bonds is 4. The van der Waals surface area contributed by atoms with Gasteiger partial charge in [0.1, 0.15) is 6.10 Å². The third kappa shape index (κ3) is 2.56. The van der Waals surface area contributed by atoms with Crippen LogP contribution in [0.5, 0.6) is 0 Å². The summed E-state index contributed by atoms with van der Waals surface area (Å²) in [5, 5.41) is 2.80. The molecule has 1 aromatic rings. The van der Waals surface area contributed by atoms with Gasteiger partial charge in [0.15, 0.2) is 0 Å². The summed E-state index contributed by atoms with van der Waals surface area (Å²) < 4.78 is 5.76. The highest BCUT2D eigenvalue weighted by Crippen LogP contribution is 2.60. The van der Waals surface area contributed by atoms with Gasteiger partial charge in [-0.1, -0.05) is 30.3 Å². The van der Waals surface area contributed by atoms with Crippen molar-refractivity contribution in [3.63, 3.8) is 0 Å². The third-order valence-electron chi connectivity index (χ3n) is 6.22. The predicted molar refractivity (Wildman–Crippen MR) is 88.7 cm³/mol. The molecule has 4 saturated carbocycles. The molecule has 4 bridgehead atoms. The first-order chi connectivity index (χ1) is 11.6. The Hall–Kier alpha value is -2.04. The fourth-order valence-corrected chi connectivity index (χ4v) is 5.47. The quantitative estimate of drug-likeness (QED) is 0.891. The zero-order chi connectivity index (χ0) is 16.7. The van der Waals surface area contributed by atoms with Crippen molar-refractivity contribution >= 4 is 12.0 Å². The molecule has 4 aliphatic rings. The van der Waals surface area contributed by atoms with Crippen molar-refractivity contribution in [1.29, 1.82) is 0 Å². The zero-order valence-corrected chi connectivity index (χ0v) is 13.7. The van der Waals surface area contributed by atoms with Crippen LogP contribution < -0.4 is 11.1 Å². The largest absolute Gasteiger partial charge is 0.445 e. The van der Waals surface area contributed by atoms with Gasteiger partial charge >= 0.3 is 6.09 Å². The number of hydrogen-bond acceptors (Lipinski definition) is 3. The van der Waals surface area contributed by atoms with Gasteiger partial charge in [-0.05, 0) is 55.4 Å². The average molecular weight is 328 g/mol. The van der Waals surface area contributed by atoms with Crippen LogP contribution in [0.4, 0.5) is 4.79 Å². The molecule has 128 valence electrons. The van der Waals surface area contributed by atoms with E-state index in [0.29, 0.717) is 18.4 Å². The monoisotopic (exact) mass is 328 g/mol. The number of hydrogen-bond donors (Lipinski definition) is 2. The molecule has 0 saturated heterocycles. The fourth-order valence-electron chi connectivity index (χ4n) is 5.47. The maximum atomic E-state index is 12.3. The molecule has 4 fully saturated rings. The molecule has 1 aromatic carbocycles. The Kier molecular flexibility index (Phi) is 3.74. The maximum Gasteiger partial charge on any atom is 0.407 e. The maximum absolute atomic E-state index is 12.3. The Balaban J connectivity index is 1.45. The lowest BCUT2D eigenvalue weighted by Gasteiger charge is -2.58. The van der Waals surface area contributed by atoms with Crippen LogP contribution in [-0.4, -0.2) is 18.1 Å². The number of benzene rings is 1. The normalized spacial score (nSPS) is 36.3. The molecule has 0 spiro atoms. The molecular formula is C19H24N2O3. The fraction of sp³-hybridized carbons (Fsp3) is 0.579. The van der Waals surface area contributed by atoms with Crippen LogP contribution in [-0.2, 0) is 16.1 Å². The van der Waals surface area contributed by atoms with Crippen molar-refractivity contribution in [2.75, 3.05) is 0 Å². The number of amides is 2. The minimum Gasteiger partial charge on any atom is -0.445 e. The van der Waals surface area contributed by atoms with Crippen molar-refractivity contribution in [1.82, 2.24) is 5.32 Å². The SMILES string of the molecule is NC(=O)C12CC3CC(C[C@H](C3)C1)[C@@H]2OC(=O)NCc1ccccc1. The lowest BCUT2D eigenvalue weighted by molar-refractivity contribution is -0.173. The van der Waals surface area contributed by atoms with E-state index in [2.05, 4.69) is 5.32 Å². The van der Waals surface area contributed by atoms with Crippen LogP contribution in [0.2, 0.25) is 0 Å². The molecule has 2 amide bonds. The first-order valence-electron chi connectivity index (χ1n) is 8.85. The number of alkyl carbamates (subject to hydrolysis) is 1. The van der Waals surface area contributed by atoms with Crippen molar-refractivity contribution in [3.8, 4) is 0 Å². The van der Waals surface area contributed by atoms with Gasteiger partial charge in [0.05, 0.1) is 5.41 Å². The smallest absolute Gasteiger partial charge is 0.407 e. The number of nitrogens with one attached hydrogen (secondary N) is 1. The second kappa shape index (κ2) is 5.80. The second-order valence-electron chi connectivity index (χ2n) is 7.79. The first-order valence-corrected chi connectivity index (χ1v) is 8.85. The Morgan fingerprint density at radius 1 is 1.12 bits per heavy atom. The number of carbonyl (C=O) groups excluding carboxylic acids is 2. The molecule has 0 aliphatic heterocycles. The molecule has 24 heavy (non-hydrogen) atoms. The zero-order valence-electron chi connectivity index (χ0n) is 13.7. The van der Waals surface area contributed by atoms with Crippen LogP contribution in [0.15, 0.2) is 30.3 Å². The molecule has 5 nitrogen and oxygen atoms in total. The summed E-state index contributed by atoms with van der Waals surface area (Å²) in [5.74, 6) is 1.14. The van der Waals surface area contributed by atoms with Gasteiger partial charge in [-0.2, -0.15) is 0 Å². The summed E-state index contributed by atoms with van der Waals surface area (Å²) in [6, 6.07) is 9.71. The number of ether oxygens (including phenoxy) is 1. The first kappa shape index (κ1) is 15.5. The minimum absolute atomic E-state index is 0.284. The summed E-state index contributed by atoms with van der Waals surface area (Å²) in [6.45, 7) is 0.423. The highest BCUT2D eigenvalue weighted by atomic mass is 16.6. The Morgan fingerprint density at radius 3 is 2.42 bits per heavy atom. The van der Waals surface area contributed by atoms with Crippen molar-refractivity contribution < 1.29 is 14.3 Å². The van der Waals surface area contributed by atoms with E-state index in [-0.39, 0.29) is 17.9 Å². The summed E-state index contributed by atoms with van der Waals surface area (Å²) >= 11 is 0. The number of primary amides is 1. The van der Waals surface area contributed by atoms with Crippen molar-refractivity contribution in [3.05, 3.63) is 35.9 Å². The van der Waals surface area contributed by atoms with Gasteiger partial charge in [0.25, 0.3) is 0 Å². The Bertz CT molecular complexity index is 631. The highest BCUT2D eigenvalue weighted by molar-refractivity contribution is 5.83. The minimum atomic E-state index is -0.640. The van der Waals surface area contributed by atoms with Gasteiger partial charge in [-0.25, -0.2) is 4.79 Å². The molecule has 4 aliphatic carbocycles. The number of carbonyl (C=O) groups is 2. The van der Waals surface area contributed by atoms with Crippen LogP contribution in [0.1, 0.15) is 37.7 Å². The van der Waals surface area contributed by atoms with Crippen LogP contribution in [0, 0.1) is 23.2 Å². The van der Waals surface area contributed by atoms with E-state index in [4.69, 9.17) is 10.5 Å². The highest BCUT2D eigenvalue weighted by Gasteiger charge is 2.61. The molecule has 5 atom stereocenters. The summed E-state index contributed by atoms with van der Waals surface area (Å²) in [6.07, 6.45) is 4.08. The van der Waals surface area contributed by atoms with Gasteiger partial charge in [-0.3, -0.25) is 4.79 Å². The lowest BCUT2D eigenvalue weighted by Crippen LogP contribution is -2.62. The second-order valence-corrected chi connectivity index (χ2v) is 7.79. The van der Waals surface area contributed by atoms with Crippen LogP contribution in [0.25, 0.3) is 0 Å². The molecule has 3 N–H and O–H groups in total. The molecule has 0 radical (unpaired) electrons. The van der Waals surface area contributed by atoms with Gasteiger partial charge < -0.3 is 15.8 Å². The molecule has 3 unspecified atom stereocenters. The van der Waals surface area contributed by atoms with Crippen molar-refractivity contribution in [2.45, 2.75) is 44.8 Å². The standard InChI is InChI=1S/C19H24N2O3/c20-17(22)19-9-13-6-14(10-19)8-15(7-13)16(19)24-18(23)21-11-12-4-2-1-3-5-12/h1-5,13-16H,6-11H2,(H2,20,22)(H,21,23)/t13-,14?,15?,16-,19?/m0/s1. The lowest BCUT2D eigenvalue weighted by atomic mass is 9.48. The number of nitrogens with two attached hydrogens (primary N) is 1. The van der Waals surface area contributed by atoms with Gasteiger partial charge in [0.2, 0.25) is 5.91 Å². The molecule has 0 heterocycles. The Labute approximate surface area is 141 Å². The summed E-state index contributed by atoms with van der Waals surface area (Å²) in [4.78, 5) is 24.5. The van der Waals surface area contributed by atoms with E-state index in [1.165, 1.54) is 6.42 Å².